The minimum Gasteiger partial charge on any atom is -0.341 e. The molecule has 4 atom stereocenters. The summed E-state index contributed by atoms with van der Waals surface area (Å²) in [7, 11) is 0. The number of aromatic amines is 1. The standard InChI is InChI=1S/C35H39N5O/c41-35(30-4-2-18-37-30)39-26-13-11-22(12-14-26)28-16-15-27(32-24-9-10-25(19-24)33(28)32)21-5-7-23(8-6-21)31-20-38-34(40-31)29-3-1-17-36-29/h5-8,11-14,20,24-25,29-30,36-37H,1-4,9-10,15-19H2,(H,38,40)(H,39,41). The number of fused-ring (bicyclic) bond motifs is 5. The maximum Gasteiger partial charge on any atom is 0.241 e. The van der Waals surface area contributed by atoms with E-state index in [0.717, 1.165) is 62.4 Å². The summed E-state index contributed by atoms with van der Waals surface area (Å²) >= 11 is 0. The van der Waals surface area contributed by atoms with Crippen LogP contribution >= 0.6 is 0 Å². The molecular weight excluding hydrogens is 506 g/mol. The third-order valence-corrected chi connectivity index (χ3v) is 10.2. The van der Waals surface area contributed by atoms with Crippen molar-refractivity contribution in [1.82, 2.24) is 20.6 Å². The van der Waals surface area contributed by atoms with Crippen LogP contribution in [0.3, 0.4) is 0 Å². The lowest BCUT2D eigenvalue weighted by Gasteiger charge is -2.30. The molecule has 6 heteroatoms. The molecule has 6 nitrogen and oxygen atoms in total. The molecule has 3 aliphatic carbocycles. The number of imidazole rings is 1. The highest BCUT2D eigenvalue weighted by Gasteiger charge is 2.44. The number of rotatable bonds is 6. The van der Waals surface area contributed by atoms with Crippen LogP contribution in [0.15, 0.2) is 65.9 Å². The van der Waals surface area contributed by atoms with Crippen LogP contribution in [-0.4, -0.2) is 35.0 Å². The second-order valence-corrected chi connectivity index (χ2v) is 12.6. The molecule has 5 aliphatic rings. The molecule has 2 bridgehead atoms. The molecule has 0 radical (unpaired) electrons. The number of benzene rings is 2. The monoisotopic (exact) mass is 545 g/mol. The van der Waals surface area contributed by atoms with Crippen LogP contribution in [0.5, 0.6) is 0 Å². The van der Waals surface area contributed by atoms with Gasteiger partial charge in [0.1, 0.15) is 5.82 Å². The van der Waals surface area contributed by atoms with Gasteiger partial charge in [0.05, 0.1) is 24.0 Å². The van der Waals surface area contributed by atoms with Gasteiger partial charge in [-0.15, -0.1) is 0 Å². The Balaban J connectivity index is 1.06. The zero-order valence-corrected chi connectivity index (χ0v) is 23.6. The van der Waals surface area contributed by atoms with Crippen molar-refractivity contribution in [3.8, 4) is 11.3 Å². The number of H-pyrrole nitrogens is 1. The lowest BCUT2D eigenvalue weighted by Crippen LogP contribution is -2.35. The predicted molar refractivity (Wildman–Crippen MR) is 164 cm³/mol. The summed E-state index contributed by atoms with van der Waals surface area (Å²) in [5.74, 6) is 2.54. The van der Waals surface area contributed by atoms with E-state index in [-0.39, 0.29) is 11.9 Å². The van der Waals surface area contributed by atoms with Gasteiger partial charge in [-0.25, -0.2) is 4.98 Å². The van der Waals surface area contributed by atoms with Gasteiger partial charge in [-0.2, -0.15) is 0 Å². The van der Waals surface area contributed by atoms with Gasteiger partial charge in [-0.3, -0.25) is 4.79 Å². The molecule has 2 aromatic carbocycles. The molecule has 3 aromatic rings. The SMILES string of the molecule is O=C(Nc1ccc(C2=C3C(=C(c4ccc(-c5cnc(C6CCCN6)[nH]5)cc4)CC2)C2CCC3C2)cc1)C1CCCN1. The van der Waals surface area contributed by atoms with Crippen molar-refractivity contribution in [1.29, 1.82) is 0 Å². The number of allylic oxidation sites excluding steroid dienone is 4. The van der Waals surface area contributed by atoms with E-state index in [1.807, 2.05) is 6.20 Å². The Morgan fingerprint density at radius 3 is 2.02 bits per heavy atom. The number of nitrogens with zero attached hydrogens (tertiary/aromatic N) is 1. The van der Waals surface area contributed by atoms with Gasteiger partial charge in [-0.1, -0.05) is 36.4 Å². The summed E-state index contributed by atoms with van der Waals surface area (Å²) in [5, 5.41) is 9.94. The van der Waals surface area contributed by atoms with Crippen LogP contribution in [-0.2, 0) is 4.79 Å². The summed E-state index contributed by atoms with van der Waals surface area (Å²) in [6, 6.07) is 18.1. The van der Waals surface area contributed by atoms with Crippen molar-refractivity contribution in [2.75, 3.05) is 18.4 Å². The highest BCUT2D eigenvalue weighted by atomic mass is 16.2. The van der Waals surface area contributed by atoms with Crippen molar-refractivity contribution in [3.63, 3.8) is 0 Å². The zero-order chi connectivity index (χ0) is 27.3. The minimum atomic E-state index is -0.0571. The second kappa shape index (κ2) is 10.4. The zero-order valence-electron chi connectivity index (χ0n) is 23.6. The normalized spacial score (nSPS) is 27.1. The van der Waals surface area contributed by atoms with Crippen molar-refractivity contribution in [3.05, 3.63) is 82.8 Å². The number of nitrogens with one attached hydrogen (secondary N) is 4. The van der Waals surface area contributed by atoms with Crippen molar-refractivity contribution in [2.45, 2.75) is 69.9 Å². The van der Waals surface area contributed by atoms with E-state index in [0.29, 0.717) is 17.9 Å². The summed E-state index contributed by atoms with van der Waals surface area (Å²) in [4.78, 5) is 20.8. The van der Waals surface area contributed by atoms with E-state index in [1.165, 1.54) is 47.9 Å². The molecule has 41 heavy (non-hydrogen) atoms. The highest BCUT2D eigenvalue weighted by molar-refractivity contribution is 5.95. The van der Waals surface area contributed by atoms with Crippen LogP contribution in [0.4, 0.5) is 5.69 Å². The summed E-state index contributed by atoms with van der Waals surface area (Å²) < 4.78 is 0. The second-order valence-electron chi connectivity index (χ2n) is 12.6. The van der Waals surface area contributed by atoms with Crippen molar-refractivity contribution >= 4 is 22.7 Å². The van der Waals surface area contributed by atoms with Gasteiger partial charge in [0.2, 0.25) is 5.91 Å². The number of carbonyl (C=O) groups is 1. The molecule has 0 spiro atoms. The number of hydrogen-bond acceptors (Lipinski definition) is 4. The van der Waals surface area contributed by atoms with Crippen LogP contribution in [0.25, 0.3) is 22.4 Å². The van der Waals surface area contributed by atoms with Crippen molar-refractivity contribution in [2.24, 2.45) is 11.8 Å². The largest absolute Gasteiger partial charge is 0.341 e. The molecule has 210 valence electrons. The number of hydrogen-bond donors (Lipinski definition) is 4. The fourth-order valence-corrected chi connectivity index (χ4v) is 8.20. The molecule has 3 heterocycles. The topological polar surface area (TPSA) is 81.8 Å². The number of anilines is 1. The van der Waals surface area contributed by atoms with Crippen LogP contribution in [0.2, 0.25) is 0 Å². The predicted octanol–water partition coefficient (Wildman–Crippen LogP) is 6.62. The van der Waals surface area contributed by atoms with E-state index in [2.05, 4.69) is 74.4 Å². The lowest BCUT2D eigenvalue weighted by molar-refractivity contribution is -0.117. The molecule has 8 rings (SSSR count). The molecule has 2 aliphatic heterocycles. The van der Waals surface area contributed by atoms with E-state index in [4.69, 9.17) is 0 Å². The van der Waals surface area contributed by atoms with Crippen LogP contribution in [0.1, 0.15) is 80.8 Å². The molecule has 2 saturated heterocycles. The average Bonchev–Trinajstić information content (AvgIpc) is 3.86. The number of carbonyl (C=O) groups excluding carboxylic acids is 1. The first kappa shape index (κ1) is 25.2. The van der Waals surface area contributed by atoms with E-state index in [1.54, 1.807) is 16.7 Å². The Morgan fingerprint density at radius 2 is 1.39 bits per heavy atom. The Kier molecular flexibility index (Phi) is 6.41. The van der Waals surface area contributed by atoms with E-state index in [9.17, 15) is 4.79 Å². The summed E-state index contributed by atoms with van der Waals surface area (Å²) in [6.07, 6.45) is 12.5. The quantitative estimate of drug-likeness (QED) is 0.281. The van der Waals surface area contributed by atoms with Crippen LogP contribution in [0, 0.1) is 11.8 Å². The maximum atomic E-state index is 12.6. The molecule has 4 N–H and O–H groups in total. The van der Waals surface area contributed by atoms with Crippen molar-refractivity contribution < 1.29 is 4.79 Å². The smallest absolute Gasteiger partial charge is 0.241 e. The first-order valence-electron chi connectivity index (χ1n) is 15.7. The maximum absolute atomic E-state index is 12.6. The molecular formula is C35H39N5O. The van der Waals surface area contributed by atoms with E-state index >= 15 is 0 Å². The molecule has 2 saturated carbocycles. The number of aromatic nitrogens is 2. The number of amides is 1. The Bertz CT molecular complexity index is 1520. The lowest BCUT2D eigenvalue weighted by atomic mass is 9.74. The first-order chi connectivity index (χ1) is 20.2. The van der Waals surface area contributed by atoms with Gasteiger partial charge in [-0.05, 0) is 134 Å². The van der Waals surface area contributed by atoms with Crippen LogP contribution < -0.4 is 16.0 Å². The molecule has 1 amide bonds. The molecule has 4 unspecified atom stereocenters. The van der Waals surface area contributed by atoms with Gasteiger partial charge < -0.3 is 20.9 Å². The third kappa shape index (κ3) is 4.58. The first-order valence-corrected chi connectivity index (χ1v) is 15.7. The van der Waals surface area contributed by atoms with Gasteiger partial charge in [0.15, 0.2) is 0 Å². The van der Waals surface area contributed by atoms with E-state index < -0.39 is 0 Å². The third-order valence-electron chi connectivity index (χ3n) is 10.2. The average molecular weight is 546 g/mol. The fourth-order valence-electron chi connectivity index (χ4n) is 8.20. The minimum absolute atomic E-state index is 0.0571. The molecule has 1 aromatic heterocycles. The molecule has 4 fully saturated rings. The van der Waals surface area contributed by atoms with Gasteiger partial charge in [0.25, 0.3) is 0 Å². The summed E-state index contributed by atoms with van der Waals surface area (Å²) in [6.45, 7) is 2.01. The van der Waals surface area contributed by atoms with Gasteiger partial charge >= 0.3 is 0 Å². The Labute approximate surface area is 242 Å². The van der Waals surface area contributed by atoms with Gasteiger partial charge in [0, 0.05) is 5.69 Å². The fraction of sp³-hybridized carbons (Fsp3) is 0.429. The summed E-state index contributed by atoms with van der Waals surface area (Å²) in [5.41, 5.74) is 12.3. The Hall–Kier alpha value is -3.48. The highest BCUT2D eigenvalue weighted by Crippen LogP contribution is 2.59. The Morgan fingerprint density at radius 1 is 0.756 bits per heavy atom.